The van der Waals surface area contributed by atoms with Gasteiger partial charge in [-0.25, -0.2) is 0 Å². The van der Waals surface area contributed by atoms with Crippen molar-refractivity contribution in [2.24, 2.45) is 5.73 Å². The Kier molecular flexibility index (Phi) is 8.07. The largest absolute Gasteiger partial charge is 0.396 e. The molecule has 1 aromatic carbocycles. The van der Waals surface area contributed by atoms with Gasteiger partial charge in [0.1, 0.15) is 0 Å². The average molecular weight is 417 g/mol. The van der Waals surface area contributed by atoms with Gasteiger partial charge in [0.15, 0.2) is 0 Å². The number of nitrogens with one attached hydrogen (secondary N) is 1. The predicted molar refractivity (Wildman–Crippen MR) is 132 cm³/mol. The van der Waals surface area contributed by atoms with Crippen LogP contribution < -0.4 is 11.1 Å². The molecular weight excluding hydrogens is 380 g/mol. The molecule has 164 valence electrons. The van der Waals surface area contributed by atoms with Crippen LogP contribution in [-0.2, 0) is 0 Å². The van der Waals surface area contributed by atoms with Crippen LogP contribution in [0.25, 0.3) is 11.4 Å². The fourth-order valence-electron chi connectivity index (χ4n) is 3.69. The number of benzene rings is 1. The predicted octanol–water partition coefficient (Wildman–Crippen LogP) is 5.41. The molecular formula is C27H36N4. The molecule has 2 heterocycles. The van der Waals surface area contributed by atoms with E-state index in [1.807, 2.05) is 39.0 Å². The monoisotopic (exact) mass is 416 g/mol. The number of nitrogens with zero attached hydrogens (tertiary/aromatic N) is 2. The van der Waals surface area contributed by atoms with Gasteiger partial charge in [-0.15, -0.1) is 0 Å². The Labute approximate surface area is 187 Å². The summed E-state index contributed by atoms with van der Waals surface area (Å²) in [6.07, 6.45) is 10.6. The lowest BCUT2D eigenvalue weighted by Gasteiger charge is -2.29. The van der Waals surface area contributed by atoms with Crippen LogP contribution in [-0.4, -0.2) is 29.0 Å². The van der Waals surface area contributed by atoms with E-state index in [1.54, 1.807) is 0 Å². The summed E-state index contributed by atoms with van der Waals surface area (Å²) in [6.45, 7) is 9.82. The van der Waals surface area contributed by atoms with E-state index in [-0.39, 0.29) is 0 Å². The Hall–Kier alpha value is -2.85. The Morgan fingerprint density at radius 3 is 2.42 bits per heavy atom. The molecule has 1 aromatic heterocycles. The van der Waals surface area contributed by atoms with Gasteiger partial charge in [0, 0.05) is 31.0 Å². The van der Waals surface area contributed by atoms with E-state index < -0.39 is 0 Å². The molecule has 1 saturated carbocycles. The molecule has 1 aliphatic heterocycles. The maximum absolute atomic E-state index is 6.69. The summed E-state index contributed by atoms with van der Waals surface area (Å²) in [5.41, 5.74) is 13.9. The van der Waals surface area contributed by atoms with Crippen LogP contribution in [0.1, 0.15) is 55.6 Å². The maximum Gasteiger partial charge on any atom is 0.0909 e. The normalized spacial score (nSPS) is 16.6. The van der Waals surface area contributed by atoms with E-state index in [9.17, 15) is 0 Å². The molecule has 4 heteroatoms. The molecule has 0 atom stereocenters. The van der Waals surface area contributed by atoms with E-state index in [4.69, 9.17) is 10.7 Å². The van der Waals surface area contributed by atoms with Gasteiger partial charge in [-0.3, -0.25) is 4.98 Å². The smallest absolute Gasteiger partial charge is 0.0909 e. The van der Waals surface area contributed by atoms with Crippen LogP contribution in [0.3, 0.4) is 0 Å². The highest BCUT2D eigenvalue weighted by atomic mass is 15.1. The standard InChI is InChI=1S/C25H30N4.C2H6/c1-18-9-11-21(12-10-18)24(26)25(23-8-3-5-19(2)28-23)29-15-13-20(14-16-29)17-27-22-6-4-7-22;1-2/h3,5,8-15,22,27H,4,6-7,16-17,26H2,1-2H3;1-2H3/b25-24-;. The van der Waals surface area contributed by atoms with Crippen LogP contribution >= 0.6 is 0 Å². The van der Waals surface area contributed by atoms with E-state index >= 15 is 0 Å². The number of hydrogen-bond donors (Lipinski definition) is 2. The molecule has 2 aliphatic rings. The van der Waals surface area contributed by atoms with Crippen molar-refractivity contribution in [3.8, 4) is 0 Å². The summed E-state index contributed by atoms with van der Waals surface area (Å²) in [6, 6.07) is 15.1. The summed E-state index contributed by atoms with van der Waals surface area (Å²) in [4.78, 5) is 6.96. The highest BCUT2D eigenvalue weighted by Crippen LogP contribution is 2.28. The van der Waals surface area contributed by atoms with Crippen molar-refractivity contribution in [3.05, 3.63) is 88.9 Å². The van der Waals surface area contributed by atoms with E-state index in [1.165, 1.54) is 30.4 Å². The first kappa shape index (κ1) is 22.8. The lowest BCUT2D eigenvalue weighted by molar-refractivity contribution is 0.349. The van der Waals surface area contributed by atoms with Crippen LogP contribution in [0.5, 0.6) is 0 Å². The van der Waals surface area contributed by atoms with Gasteiger partial charge in [-0.2, -0.15) is 0 Å². The van der Waals surface area contributed by atoms with Crippen LogP contribution in [0.2, 0.25) is 0 Å². The topological polar surface area (TPSA) is 54.2 Å². The summed E-state index contributed by atoms with van der Waals surface area (Å²) < 4.78 is 0. The number of nitrogens with two attached hydrogens (primary N) is 1. The minimum Gasteiger partial charge on any atom is -0.396 e. The number of rotatable bonds is 6. The zero-order valence-corrected chi connectivity index (χ0v) is 19.4. The second kappa shape index (κ2) is 11.0. The number of aryl methyl sites for hydroxylation is 2. The Morgan fingerprint density at radius 2 is 1.84 bits per heavy atom. The van der Waals surface area contributed by atoms with E-state index in [0.29, 0.717) is 6.04 Å². The Bertz CT molecular complexity index is 949. The second-order valence-electron chi connectivity index (χ2n) is 8.05. The summed E-state index contributed by atoms with van der Waals surface area (Å²) >= 11 is 0. The molecule has 1 fully saturated rings. The third kappa shape index (κ3) is 5.86. The minimum atomic E-state index is 0.700. The van der Waals surface area contributed by atoms with Crippen LogP contribution in [0, 0.1) is 13.8 Å². The van der Waals surface area contributed by atoms with Crippen molar-refractivity contribution in [1.82, 2.24) is 15.2 Å². The summed E-state index contributed by atoms with van der Waals surface area (Å²) in [7, 11) is 0. The van der Waals surface area contributed by atoms with Gasteiger partial charge in [-0.1, -0.05) is 62.2 Å². The van der Waals surface area contributed by atoms with Gasteiger partial charge >= 0.3 is 0 Å². The third-order valence-corrected chi connectivity index (χ3v) is 5.75. The van der Waals surface area contributed by atoms with Gasteiger partial charge < -0.3 is 16.0 Å². The quantitative estimate of drug-likeness (QED) is 0.661. The molecule has 31 heavy (non-hydrogen) atoms. The van der Waals surface area contributed by atoms with E-state index in [2.05, 4.69) is 59.8 Å². The van der Waals surface area contributed by atoms with Crippen molar-refractivity contribution in [2.45, 2.75) is 53.0 Å². The van der Waals surface area contributed by atoms with Crippen molar-refractivity contribution in [1.29, 1.82) is 0 Å². The molecule has 4 rings (SSSR count). The van der Waals surface area contributed by atoms with Crippen molar-refractivity contribution in [3.63, 3.8) is 0 Å². The third-order valence-electron chi connectivity index (χ3n) is 5.75. The fraction of sp³-hybridized carbons (Fsp3) is 0.370. The van der Waals surface area contributed by atoms with Crippen molar-refractivity contribution < 1.29 is 0 Å². The fourth-order valence-corrected chi connectivity index (χ4v) is 3.69. The van der Waals surface area contributed by atoms with Gasteiger partial charge in [0.2, 0.25) is 0 Å². The molecule has 0 saturated heterocycles. The number of aromatic nitrogens is 1. The summed E-state index contributed by atoms with van der Waals surface area (Å²) in [5, 5.41) is 3.64. The molecule has 4 nitrogen and oxygen atoms in total. The first-order valence-electron chi connectivity index (χ1n) is 11.5. The SMILES string of the molecule is CC.Cc1ccc(/C(N)=C(\c2cccc(C)n2)N2C=CC(CNC3CCC3)=CC2)cc1. The van der Waals surface area contributed by atoms with Crippen molar-refractivity contribution in [2.75, 3.05) is 13.1 Å². The van der Waals surface area contributed by atoms with Crippen LogP contribution in [0.4, 0.5) is 0 Å². The highest BCUT2D eigenvalue weighted by molar-refractivity contribution is 5.87. The van der Waals surface area contributed by atoms with Gasteiger partial charge in [-0.05, 0) is 56.0 Å². The van der Waals surface area contributed by atoms with Crippen molar-refractivity contribution >= 4 is 11.4 Å². The molecule has 1 aliphatic carbocycles. The Balaban J connectivity index is 0.00000132. The zero-order chi connectivity index (χ0) is 22.2. The Morgan fingerprint density at radius 1 is 1.10 bits per heavy atom. The molecule has 0 unspecified atom stereocenters. The molecule has 0 radical (unpaired) electrons. The number of hydrogen-bond acceptors (Lipinski definition) is 4. The average Bonchev–Trinajstić information content (AvgIpc) is 2.76. The molecule has 2 aromatic rings. The first-order chi connectivity index (χ1) is 15.1. The summed E-state index contributed by atoms with van der Waals surface area (Å²) in [5.74, 6) is 0. The molecule has 0 spiro atoms. The molecule has 0 amide bonds. The van der Waals surface area contributed by atoms with E-state index in [0.717, 1.165) is 41.4 Å². The first-order valence-corrected chi connectivity index (χ1v) is 11.5. The zero-order valence-electron chi connectivity index (χ0n) is 19.4. The van der Waals surface area contributed by atoms with Crippen LogP contribution in [0.15, 0.2) is 66.4 Å². The molecule has 3 N–H and O–H groups in total. The van der Waals surface area contributed by atoms with Gasteiger partial charge in [0.25, 0.3) is 0 Å². The van der Waals surface area contributed by atoms with Gasteiger partial charge in [0.05, 0.1) is 17.1 Å². The minimum absolute atomic E-state index is 0.700. The number of pyridine rings is 1. The maximum atomic E-state index is 6.69. The second-order valence-corrected chi connectivity index (χ2v) is 8.05. The lowest BCUT2D eigenvalue weighted by atomic mass is 9.93. The highest BCUT2D eigenvalue weighted by Gasteiger charge is 2.19. The molecule has 0 bridgehead atoms. The lowest BCUT2D eigenvalue weighted by Crippen LogP contribution is -2.36.